The average molecular weight is 371 g/mol. The van der Waals surface area contributed by atoms with Crippen molar-refractivity contribution in [3.63, 3.8) is 0 Å². The number of amides is 1. The predicted octanol–water partition coefficient (Wildman–Crippen LogP) is 4.49. The first-order valence-electron chi connectivity index (χ1n) is 9.50. The minimum atomic E-state index is -0.230. The SMILES string of the molecule is Cc1ccc2c(C)c(C(=O)N3CCn4cccc4C3c3ccccn3)oc2c1. The summed E-state index contributed by atoms with van der Waals surface area (Å²) in [6.45, 7) is 5.35. The van der Waals surface area contributed by atoms with Crippen molar-refractivity contribution in [3.8, 4) is 0 Å². The van der Waals surface area contributed by atoms with Crippen LogP contribution in [0.3, 0.4) is 0 Å². The van der Waals surface area contributed by atoms with Crippen LogP contribution in [0.2, 0.25) is 0 Å². The first-order chi connectivity index (χ1) is 13.6. The Morgan fingerprint density at radius 2 is 2.00 bits per heavy atom. The van der Waals surface area contributed by atoms with Crippen molar-refractivity contribution in [2.75, 3.05) is 6.54 Å². The summed E-state index contributed by atoms with van der Waals surface area (Å²) in [4.78, 5) is 20.0. The number of nitrogens with zero attached hydrogens (tertiary/aromatic N) is 3. The molecule has 1 amide bonds. The molecule has 5 heteroatoms. The normalized spacial score (nSPS) is 16.4. The third kappa shape index (κ3) is 2.54. The molecule has 4 heterocycles. The summed E-state index contributed by atoms with van der Waals surface area (Å²) in [5.74, 6) is 0.330. The predicted molar refractivity (Wildman–Crippen MR) is 107 cm³/mol. The number of hydrogen-bond donors (Lipinski definition) is 0. The fourth-order valence-electron chi connectivity index (χ4n) is 4.12. The van der Waals surface area contributed by atoms with E-state index >= 15 is 0 Å². The van der Waals surface area contributed by atoms with Gasteiger partial charge >= 0.3 is 0 Å². The van der Waals surface area contributed by atoms with Crippen LogP contribution in [0, 0.1) is 13.8 Å². The summed E-state index contributed by atoms with van der Waals surface area (Å²) in [6.07, 6.45) is 3.83. The third-order valence-electron chi connectivity index (χ3n) is 5.56. The topological polar surface area (TPSA) is 51.3 Å². The second-order valence-electron chi connectivity index (χ2n) is 7.34. The zero-order valence-electron chi connectivity index (χ0n) is 15.9. The van der Waals surface area contributed by atoms with Gasteiger partial charge in [0.1, 0.15) is 11.6 Å². The fraction of sp³-hybridized carbons (Fsp3) is 0.217. The lowest BCUT2D eigenvalue weighted by Gasteiger charge is -2.36. The molecule has 4 aromatic rings. The summed E-state index contributed by atoms with van der Waals surface area (Å²) in [5, 5.41) is 0.990. The molecule has 0 N–H and O–H groups in total. The molecule has 1 atom stereocenters. The summed E-state index contributed by atoms with van der Waals surface area (Å²) in [6, 6.07) is 15.7. The minimum absolute atomic E-state index is 0.0885. The van der Waals surface area contributed by atoms with Crippen LogP contribution in [-0.4, -0.2) is 26.9 Å². The van der Waals surface area contributed by atoms with Crippen LogP contribution in [0.5, 0.6) is 0 Å². The van der Waals surface area contributed by atoms with Gasteiger partial charge in [-0.15, -0.1) is 0 Å². The van der Waals surface area contributed by atoms with E-state index in [1.54, 1.807) is 6.20 Å². The van der Waals surface area contributed by atoms with Gasteiger partial charge in [-0.1, -0.05) is 18.2 Å². The van der Waals surface area contributed by atoms with E-state index in [1.165, 1.54) is 0 Å². The van der Waals surface area contributed by atoms with E-state index in [-0.39, 0.29) is 11.9 Å². The van der Waals surface area contributed by atoms with Crippen LogP contribution in [0.1, 0.15) is 39.1 Å². The van der Waals surface area contributed by atoms with Crippen molar-refractivity contribution in [1.29, 1.82) is 0 Å². The third-order valence-corrected chi connectivity index (χ3v) is 5.56. The number of aryl methyl sites for hydroxylation is 2. The maximum atomic E-state index is 13.6. The van der Waals surface area contributed by atoms with Gasteiger partial charge in [0.15, 0.2) is 5.76 Å². The van der Waals surface area contributed by atoms with Crippen LogP contribution in [0.25, 0.3) is 11.0 Å². The zero-order valence-corrected chi connectivity index (χ0v) is 15.9. The number of carbonyl (C=O) groups excluding carboxylic acids is 1. The fourth-order valence-corrected chi connectivity index (χ4v) is 4.12. The molecule has 3 aromatic heterocycles. The molecule has 0 spiro atoms. The molecule has 0 fully saturated rings. The second-order valence-corrected chi connectivity index (χ2v) is 7.34. The Morgan fingerprint density at radius 1 is 1.11 bits per heavy atom. The zero-order chi connectivity index (χ0) is 19.3. The van der Waals surface area contributed by atoms with E-state index in [1.807, 2.05) is 61.2 Å². The van der Waals surface area contributed by atoms with E-state index in [4.69, 9.17) is 4.42 Å². The van der Waals surface area contributed by atoms with Crippen molar-refractivity contribution in [2.24, 2.45) is 0 Å². The highest BCUT2D eigenvalue weighted by atomic mass is 16.3. The standard InChI is InChI=1S/C23H21N3O2/c1-15-8-9-17-16(2)22(28-20(17)14-15)23(27)26-13-12-25-11-5-7-19(25)21(26)18-6-3-4-10-24-18/h3-11,14,21H,12-13H2,1-2H3. The van der Waals surface area contributed by atoms with E-state index in [2.05, 4.69) is 21.8 Å². The number of carbonyl (C=O) groups is 1. The number of furan rings is 1. The summed E-state index contributed by atoms with van der Waals surface area (Å²) in [5.41, 5.74) is 4.70. The molecule has 1 aliphatic rings. The van der Waals surface area contributed by atoms with Gasteiger partial charge in [0.2, 0.25) is 0 Å². The molecule has 5 nitrogen and oxygen atoms in total. The molecule has 0 aliphatic carbocycles. The molecule has 1 unspecified atom stereocenters. The lowest BCUT2D eigenvalue weighted by molar-refractivity contribution is 0.0629. The molecule has 0 saturated heterocycles. The van der Waals surface area contributed by atoms with Gasteiger partial charge < -0.3 is 13.9 Å². The second kappa shape index (κ2) is 6.37. The Morgan fingerprint density at radius 3 is 2.82 bits per heavy atom. The minimum Gasteiger partial charge on any atom is -0.451 e. The Balaban J connectivity index is 1.61. The van der Waals surface area contributed by atoms with E-state index in [0.717, 1.165) is 40.0 Å². The lowest BCUT2D eigenvalue weighted by atomic mass is 10.0. The van der Waals surface area contributed by atoms with E-state index < -0.39 is 0 Å². The summed E-state index contributed by atoms with van der Waals surface area (Å²) >= 11 is 0. The largest absolute Gasteiger partial charge is 0.451 e. The number of rotatable bonds is 2. The van der Waals surface area contributed by atoms with Crippen LogP contribution < -0.4 is 0 Å². The van der Waals surface area contributed by atoms with Crippen molar-refractivity contribution >= 4 is 16.9 Å². The van der Waals surface area contributed by atoms with Gasteiger partial charge in [-0.05, 0) is 49.7 Å². The van der Waals surface area contributed by atoms with Gasteiger partial charge in [0.05, 0.1) is 5.69 Å². The molecule has 28 heavy (non-hydrogen) atoms. The van der Waals surface area contributed by atoms with Crippen LogP contribution in [0.15, 0.2) is 65.3 Å². The summed E-state index contributed by atoms with van der Waals surface area (Å²) in [7, 11) is 0. The number of aromatic nitrogens is 2. The van der Waals surface area contributed by atoms with Crippen LogP contribution in [-0.2, 0) is 6.54 Å². The number of benzene rings is 1. The van der Waals surface area contributed by atoms with Gasteiger partial charge in [-0.3, -0.25) is 9.78 Å². The molecule has 0 bridgehead atoms. The molecule has 1 aliphatic heterocycles. The highest BCUT2D eigenvalue weighted by Crippen LogP contribution is 2.34. The molecule has 0 radical (unpaired) electrons. The molecular weight excluding hydrogens is 350 g/mol. The van der Waals surface area contributed by atoms with E-state index in [0.29, 0.717) is 12.3 Å². The number of hydrogen-bond acceptors (Lipinski definition) is 3. The Bertz CT molecular complexity index is 1170. The Hall–Kier alpha value is -3.34. The first kappa shape index (κ1) is 16.8. The Kier molecular flexibility index (Phi) is 3.83. The lowest BCUT2D eigenvalue weighted by Crippen LogP contribution is -2.42. The highest BCUT2D eigenvalue weighted by molar-refractivity contribution is 5.99. The summed E-state index contributed by atoms with van der Waals surface area (Å²) < 4.78 is 8.22. The highest BCUT2D eigenvalue weighted by Gasteiger charge is 2.35. The average Bonchev–Trinajstić information content (AvgIpc) is 3.31. The van der Waals surface area contributed by atoms with Crippen LogP contribution in [0.4, 0.5) is 0 Å². The maximum absolute atomic E-state index is 13.6. The molecule has 0 saturated carbocycles. The number of pyridine rings is 1. The van der Waals surface area contributed by atoms with Crippen molar-refractivity contribution in [1.82, 2.24) is 14.5 Å². The quantitative estimate of drug-likeness (QED) is 0.522. The van der Waals surface area contributed by atoms with Crippen molar-refractivity contribution in [2.45, 2.75) is 26.4 Å². The van der Waals surface area contributed by atoms with Gasteiger partial charge in [0, 0.05) is 42.1 Å². The Labute approximate surface area is 163 Å². The molecule has 5 rings (SSSR count). The van der Waals surface area contributed by atoms with Crippen LogP contribution >= 0.6 is 0 Å². The van der Waals surface area contributed by atoms with Crippen molar-refractivity contribution < 1.29 is 9.21 Å². The maximum Gasteiger partial charge on any atom is 0.290 e. The van der Waals surface area contributed by atoms with Crippen molar-refractivity contribution in [3.05, 3.63) is 89.2 Å². The van der Waals surface area contributed by atoms with Gasteiger partial charge in [-0.25, -0.2) is 0 Å². The molecule has 1 aromatic carbocycles. The number of fused-ring (bicyclic) bond motifs is 2. The molecule has 140 valence electrons. The van der Waals surface area contributed by atoms with Gasteiger partial charge in [-0.2, -0.15) is 0 Å². The monoisotopic (exact) mass is 371 g/mol. The van der Waals surface area contributed by atoms with Gasteiger partial charge in [0.25, 0.3) is 5.91 Å². The smallest absolute Gasteiger partial charge is 0.290 e. The van der Waals surface area contributed by atoms with E-state index in [9.17, 15) is 4.79 Å². The molecular formula is C23H21N3O2. The first-order valence-corrected chi connectivity index (χ1v) is 9.50.